The lowest BCUT2D eigenvalue weighted by Crippen LogP contribution is -2.32. The van der Waals surface area contributed by atoms with Crippen molar-refractivity contribution in [1.82, 2.24) is 14.5 Å². The minimum Gasteiger partial charge on any atom is -0.396 e. The zero-order chi connectivity index (χ0) is 13.2. The molecule has 0 aromatic carbocycles. The third-order valence-corrected chi connectivity index (χ3v) is 4.86. The molecular weight excluding hydrogens is 238 g/mol. The van der Waals surface area contributed by atoms with Gasteiger partial charge in [0.1, 0.15) is 5.82 Å². The second-order valence-corrected chi connectivity index (χ2v) is 5.99. The first-order valence-corrected chi connectivity index (χ1v) is 7.70. The second kappa shape index (κ2) is 5.63. The lowest BCUT2D eigenvalue weighted by molar-refractivity contribution is 0.199. The highest BCUT2D eigenvalue weighted by atomic mass is 16.3. The van der Waals surface area contributed by atoms with Crippen molar-refractivity contribution >= 4 is 0 Å². The first-order chi connectivity index (χ1) is 9.31. The van der Waals surface area contributed by atoms with Crippen LogP contribution in [0.25, 0.3) is 0 Å². The van der Waals surface area contributed by atoms with Gasteiger partial charge < -0.3 is 14.6 Å². The van der Waals surface area contributed by atoms with Crippen LogP contribution in [0.2, 0.25) is 0 Å². The molecule has 2 atom stereocenters. The molecule has 1 saturated heterocycles. The molecule has 2 unspecified atom stereocenters. The summed E-state index contributed by atoms with van der Waals surface area (Å²) in [5, 5.41) is 9.28. The van der Waals surface area contributed by atoms with Gasteiger partial charge in [-0.3, -0.25) is 0 Å². The van der Waals surface area contributed by atoms with Gasteiger partial charge in [0.2, 0.25) is 0 Å². The standard InChI is InChI=1S/C15H25N3O/c1-2-17-6-3-4-13(17)9-15-16-10-14-8-12(11-19)5-7-18(14)15/h10,12-13,19H,2-9,11H2,1H3. The van der Waals surface area contributed by atoms with Crippen molar-refractivity contribution in [2.75, 3.05) is 19.7 Å². The molecule has 1 aromatic heterocycles. The van der Waals surface area contributed by atoms with Crippen LogP contribution in [0, 0.1) is 5.92 Å². The topological polar surface area (TPSA) is 41.3 Å². The SMILES string of the molecule is CCN1CCCC1Cc1ncc2n1CCC(CO)C2. The Kier molecular flexibility index (Phi) is 3.89. The van der Waals surface area contributed by atoms with Crippen LogP contribution in [0.4, 0.5) is 0 Å². The molecule has 1 aromatic rings. The highest BCUT2D eigenvalue weighted by Gasteiger charge is 2.27. The summed E-state index contributed by atoms with van der Waals surface area (Å²) in [7, 11) is 0. The number of hydrogen-bond donors (Lipinski definition) is 1. The Hall–Kier alpha value is -0.870. The molecule has 2 aliphatic rings. The predicted octanol–water partition coefficient (Wildman–Crippen LogP) is 1.46. The van der Waals surface area contributed by atoms with Gasteiger partial charge in [0.15, 0.2) is 0 Å². The van der Waals surface area contributed by atoms with Gasteiger partial charge in [-0.05, 0) is 44.7 Å². The lowest BCUT2D eigenvalue weighted by atomic mass is 9.97. The van der Waals surface area contributed by atoms with Crippen molar-refractivity contribution in [3.05, 3.63) is 17.7 Å². The minimum absolute atomic E-state index is 0.312. The van der Waals surface area contributed by atoms with E-state index in [9.17, 15) is 5.11 Å². The molecule has 19 heavy (non-hydrogen) atoms. The van der Waals surface area contributed by atoms with Crippen molar-refractivity contribution < 1.29 is 5.11 Å². The molecule has 4 nitrogen and oxygen atoms in total. The Morgan fingerprint density at radius 2 is 2.26 bits per heavy atom. The molecule has 3 heterocycles. The van der Waals surface area contributed by atoms with E-state index in [1.54, 1.807) is 0 Å². The molecule has 0 amide bonds. The van der Waals surface area contributed by atoms with E-state index in [1.165, 1.54) is 30.9 Å². The number of imidazole rings is 1. The molecule has 2 aliphatic heterocycles. The van der Waals surface area contributed by atoms with Gasteiger partial charge in [-0.15, -0.1) is 0 Å². The number of aliphatic hydroxyl groups is 1. The third-order valence-electron chi connectivity index (χ3n) is 4.86. The van der Waals surface area contributed by atoms with Gasteiger partial charge in [-0.2, -0.15) is 0 Å². The fourth-order valence-electron chi connectivity index (χ4n) is 3.67. The van der Waals surface area contributed by atoms with Gasteiger partial charge >= 0.3 is 0 Å². The molecule has 0 aliphatic carbocycles. The second-order valence-electron chi connectivity index (χ2n) is 5.99. The van der Waals surface area contributed by atoms with E-state index in [-0.39, 0.29) is 0 Å². The monoisotopic (exact) mass is 263 g/mol. The third kappa shape index (κ3) is 2.56. The lowest BCUT2D eigenvalue weighted by Gasteiger charge is -2.26. The maximum Gasteiger partial charge on any atom is 0.110 e. The Labute approximate surface area is 115 Å². The van der Waals surface area contributed by atoms with Crippen molar-refractivity contribution in [2.24, 2.45) is 5.92 Å². The highest BCUT2D eigenvalue weighted by molar-refractivity contribution is 5.10. The van der Waals surface area contributed by atoms with E-state index in [4.69, 9.17) is 0 Å². The van der Waals surface area contributed by atoms with Crippen molar-refractivity contribution in [1.29, 1.82) is 0 Å². The van der Waals surface area contributed by atoms with Crippen molar-refractivity contribution in [3.8, 4) is 0 Å². The predicted molar refractivity (Wildman–Crippen MR) is 75.1 cm³/mol. The molecule has 3 rings (SSSR count). The number of fused-ring (bicyclic) bond motifs is 1. The van der Waals surface area contributed by atoms with E-state index in [0.717, 1.165) is 32.4 Å². The quantitative estimate of drug-likeness (QED) is 0.894. The Morgan fingerprint density at radius 3 is 3.05 bits per heavy atom. The summed E-state index contributed by atoms with van der Waals surface area (Å²) in [5.74, 6) is 1.70. The van der Waals surface area contributed by atoms with Gasteiger partial charge in [0.05, 0.1) is 0 Å². The number of nitrogens with zero attached hydrogens (tertiary/aromatic N) is 3. The molecule has 1 fully saturated rings. The number of rotatable bonds is 4. The first-order valence-electron chi connectivity index (χ1n) is 7.70. The van der Waals surface area contributed by atoms with Crippen LogP contribution in [0.5, 0.6) is 0 Å². The first kappa shape index (κ1) is 13.1. The van der Waals surface area contributed by atoms with Crippen LogP contribution < -0.4 is 0 Å². The number of aromatic nitrogens is 2. The molecule has 4 heteroatoms. The number of aliphatic hydroxyl groups excluding tert-OH is 1. The smallest absolute Gasteiger partial charge is 0.110 e. The fourth-order valence-corrected chi connectivity index (χ4v) is 3.67. The maximum atomic E-state index is 9.28. The molecule has 0 saturated carbocycles. The Morgan fingerprint density at radius 1 is 1.37 bits per heavy atom. The van der Waals surface area contributed by atoms with Crippen LogP contribution in [-0.2, 0) is 19.4 Å². The summed E-state index contributed by atoms with van der Waals surface area (Å²) in [6, 6.07) is 0.687. The van der Waals surface area contributed by atoms with Gasteiger partial charge in [-0.1, -0.05) is 6.92 Å². The fraction of sp³-hybridized carbons (Fsp3) is 0.800. The number of likely N-dealkylation sites (N-methyl/N-ethyl adjacent to an activating group) is 1. The van der Waals surface area contributed by atoms with Crippen LogP contribution in [0.15, 0.2) is 6.20 Å². The molecule has 0 spiro atoms. The Bertz CT molecular complexity index is 429. The maximum absolute atomic E-state index is 9.28. The van der Waals surface area contributed by atoms with Gasteiger partial charge in [0, 0.05) is 37.5 Å². The molecular formula is C15H25N3O. The van der Waals surface area contributed by atoms with E-state index >= 15 is 0 Å². The van der Waals surface area contributed by atoms with E-state index in [2.05, 4.69) is 21.4 Å². The molecule has 0 radical (unpaired) electrons. The average molecular weight is 263 g/mol. The highest BCUT2D eigenvalue weighted by Crippen LogP contribution is 2.25. The van der Waals surface area contributed by atoms with E-state index < -0.39 is 0 Å². The zero-order valence-electron chi connectivity index (χ0n) is 11.9. The summed E-state index contributed by atoms with van der Waals surface area (Å²) >= 11 is 0. The molecule has 106 valence electrons. The minimum atomic E-state index is 0.312. The average Bonchev–Trinajstić information content (AvgIpc) is 3.05. The largest absolute Gasteiger partial charge is 0.396 e. The summed E-state index contributed by atoms with van der Waals surface area (Å²) in [4.78, 5) is 7.24. The summed E-state index contributed by atoms with van der Waals surface area (Å²) in [5.41, 5.74) is 1.32. The zero-order valence-corrected chi connectivity index (χ0v) is 11.9. The summed E-state index contributed by atoms with van der Waals surface area (Å²) in [6.45, 7) is 6.01. The number of hydrogen-bond acceptors (Lipinski definition) is 3. The van der Waals surface area contributed by atoms with Crippen LogP contribution in [0.1, 0.15) is 37.7 Å². The molecule has 1 N–H and O–H groups in total. The summed E-state index contributed by atoms with van der Waals surface area (Å²) in [6.07, 6.45) is 7.86. The molecule has 0 bridgehead atoms. The van der Waals surface area contributed by atoms with Gasteiger partial charge in [-0.25, -0.2) is 4.98 Å². The Balaban J connectivity index is 1.71. The van der Waals surface area contributed by atoms with Crippen LogP contribution >= 0.6 is 0 Å². The van der Waals surface area contributed by atoms with Crippen LogP contribution in [0.3, 0.4) is 0 Å². The van der Waals surface area contributed by atoms with Crippen molar-refractivity contribution in [3.63, 3.8) is 0 Å². The normalized spacial score (nSPS) is 27.7. The number of likely N-dealkylation sites (tertiary alicyclic amines) is 1. The summed E-state index contributed by atoms with van der Waals surface area (Å²) < 4.78 is 2.40. The van der Waals surface area contributed by atoms with Gasteiger partial charge in [0.25, 0.3) is 0 Å². The van der Waals surface area contributed by atoms with Crippen molar-refractivity contribution in [2.45, 2.75) is 51.6 Å². The van der Waals surface area contributed by atoms with Crippen LogP contribution in [-0.4, -0.2) is 45.3 Å². The van der Waals surface area contributed by atoms with E-state index in [0.29, 0.717) is 18.6 Å². The van der Waals surface area contributed by atoms with E-state index in [1.807, 2.05) is 6.20 Å².